The molecule has 202 valence electrons. The molecule has 0 unspecified atom stereocenters. The van der Waals surface area contributed by atoms with E-state index in [1.165, 1.54) is 43.3 Å². The van der Waals surface area contributed by atoms with Crippen molar-refractivity contribution in [2.45, 2.75) is 6.92 Å². The van der Waals surface area contributed by atoms with Crippen LogP contribution in [0.2, 0.25) is 0 Å². The van der Waals surface area contributed by atoms with Crippen molar-refractivity contribution < 1.29 is 27.7 Å². The maximum absolute atomic E-state index is 11.7. The number of nitrogens with zero attached hydrogens (tertiary/aromatic N) is 2. The van der Waals surface area contributed by atoms with E-state index in [-0.39, 0.29) is 34.3 Å². The second-order valence-electron chi connectivity index (χ2n) is 7.75. The van der Waals surface area contributed by atoms with E-state index in [2.05, 4.69) is 4.72 Å². The highest BCUT2D eigenvalue weighted by Crippen LogP contribution is 2.34. The fraction of sp³-hybridized carbons (Fsp3) is 0.0769. The molecule has 0 aliphatic rings. The highest BCUT2D eigenvalue weighted by atomic mass is 32.2. The summed E-state index contributed by atoms with van der Waals surface area (Å²) in [6, 6.07) is 25.4. The van der Waals surface area contributed by atoms with Gasteiger partial charge >= 0.3 is 0 Å². The molecule has 0 amide bonds. The fourth-order valence-electron chi connectivity index (χ4n) is 2.99. The van der Waals surface area contributed by atoms with Crippen LogP contribution in [0, 0.1) is 20.2 Å². The summed E-state index contributed by atoms with van der Waals surface area (Å²) in [5, 5.41) is 21.5. The van der Waals surface area contributed by atoms with Gasteiger partial charge in [-0.1, -0.05) is 36.4 Å². The molecule has 0 aliphatic carbocycles. The van der Waals surface area contributed by atoms with E-state index >= 15 is 0 Å². The molecule has 0 bridgehead atoms. The average molecular weight is 553 g/mol. The minimum absolute atomic E-state index is 0.0508. The van der Waals surface area contributed by atoms with Gasteiger partial charge in [0.15, 0.2) is 11.5 Å². The van der Waals surface area contributed by atoms with Gasteiger partial charge in [0.1, 0.15) is 11.5 Å². The molecule has 0 spiro atoms. The van der Waals surface area contributed by atoms with Crippen LogP contribution in [0.1, 0.15) is 6.92 Å². The SMILES string of the molecule is CCS(=O)(=O)Nc1ccc([N+](=O)[O-])cc1Oc1ccccc1.Nc1ccc([N+](=O)[O-])cc1Oc1ccccc1. The van der Waals surface area contributed by atoms with Crippen LogP contribution >= 0.6 is 0 Å². The zero-order valence-electron chi connectivity index (χ0n) is 20.6. The van der Waals surface area contributed by atoms with E-state index in [1.54, 1.807) is 42.5 Å². The van der Waals surface area contributed by atoms with Crippen molar-refractivity contribution in [3.8, 4) is 23.0 Å². The van der Waals surface area contributed by atoms with E-state index in [9.17, 15) is 28.6 Å². The lowest BCUT2D eigenvalue weighted by Gasteiger charge is -2.12. The first kappa shape index (κ1) is 28.4. The molecule has 0 saturated carbocycles. The Morgan fingerprint density at radius 2 is 1.21 bits per heavy atom. The number of non-ortho nitro benzene ring substituents is 2. The van der Waals surface area contributed by atoms with E-state index in [4.69, 9.17) is 15.2 Å². The fourth-order valence-corrected chi connectivity index (χ4v) is 3.64. The maximum atomic E-state index is 11.7. The number of benzene rings is 4. The third-order valence-corrected chi connectivity index (χ3v) is 6.26. The van der Waals surface area contributed by atoms with Crippen LogP contribution in [0.5, 0.6) is 23.0 Å². The van der Waals surface area contributed by atoms with Gasteiger partial charge in [-0.2, -0.15) is 0 Å². The van der Waals surface area contributed by atoms with Crippen molar-refractivity contribution in [3.63, 3.8) is 0 Å². The van der Waals surface area contributed by atoms with Crippen molar-refractivity contribution in [1.29, 1.82) is 0 Å². The lowest BCUT2D eigenvalue weighted by Crippen LogP contribution is -2.15. The Bertz CT molecular complexity index is 1550. The number of para-hydroxylation sites is 2. The van der Waals surface area contributed by atoms with E-state index in [1.807, 2.05) is 18.2 Å². The summed E-state index contributed by atoms with van der Waals surface area (Å²) in [6.45, 7) is 1.49. The molecule has 4 aromatic carbocycles. The van der Waals surface area contributed by atoms with Gasteiger partial charge in [-0.05, 0) is 43.3 Å². The van der Waals surface area contributed by atoms with Gasteiger partial charge in [-0.25, -0.2) is 8.42 Å². The van der Waals surface area contributed by atoms with E-state index < -0.39 is 19.9 Å². The number of rotatable bonds is 9. The largest absolute Gasteiger partial charge is 0.455 e. The Hall–Kier alpha value is -5.17. The van der Waals surface area contributed by atoms with Gasteiger partial charge in [0, 0.05) is 12.1 Å². The van der Waals surface area contributed by atoms with Gasteiger partial charge < -0.3 is 15.2 Å². The predicted octanol–water partition coefficient (Wildman–Crippen LogP) is 6.12. The maximum Gasteiger partial charge on any atom is 0.273 e. The molecule has 3 N–H and O–H groups in total. The third kappa shape index (κ3) is 8.43. The monoisotopic (exact) mass is 552 g/mol. The van der Waals surface area contributed by atoms with Crippen LogP contribution in [0.15, 0.2) is 97.1 Å². The lowest BCUT2D eigenvalue weighted by atomic mass is 10.2. The summed E-state index contributed by atoms with van der Waals surface area (Å²) in [5.41, 5.74) is 5.96. The number of nitrogens with two attached hydrogens (primary N) is 1. The van der Waals surface area contributed by atoms with Crippen LogP contribution in [-0.4, -0.2) is 24.0 Å². The van der Waals surface area contributed by atoms with Crippen LogP contribution < -0.4 is 19.9 Å². The first-order valence-corrected chi connectivity index (χ1v) is 13.0. The molecule has 39 heavy (non-hydrogen) atoms. The number of ether oxygens (including phenoxy) is 2. The van der Waals surface area contributed by atoms with Crippen LogP contribution in [0.25, 0.3) is 0 Å². The number of nitrogen functional groups attached to an aromatic ring is 1. The van der Waals surface area contributed by atoms with Gasteiger partial charge in [-0.3, -0.25) is 25.0 Å². The van der Waals surface area contributed by atoms with Crippen LogP contribution in [-0.2, 0) is 10.0 Å². The first-order chi connectivity index (χ1) is 18.6. The first-order valence-electron chi connectivity index (χ1n) is 11.4. The van der Waals surface area contributed by atoms with Crippen LogP contribution in [0.4, 0.5) is 22.7 Å². The van der Waals surface area contributed by atoms with Crippen molar-refractivity contribution in [2.75, 3.05) is 16.2 Å². The summed E-state index contributed by atoms with van der Waals surface area (Å²) in [4.78, 5) is 20.4. The highest BCUT2D eigenvalue weighted by Gasteiger charge is 2.16. The van der Waals surface area contributed by atoms with Crippen molar-refractivity contribution in [1.82, 2.24) is 0 Å². The minimum atomic E-state index is -3.52. The lowest BCUT2D eigenvalue weighted by molar-refractivity contribution is -0.385. The predicted molar refractivity (Wildman–Crippen MR) is 147 cm³/mol. The van der Waals surface area contributed by atoms with Crippen molar-refractivity contribution in [3.05, 3.63) is 117 Å². The summed E-state index contributed by atoms with van der Waals surface area (Å²) < 4.78 is 36.8. The average Bonchev–Trinajstić information content (AvgIpc) is 2.92. The summed E-state index contributed by atoms with van der Waals surface area (Å²) in [6.07, 6.45) is 0. The van der Waals surface area contributed by atoms with Crippen molar-refractivity contribution in [2.24, 2.45) is 0 Å². The molecule has 0 radical (unpaired) electrons. The Balaban J connectivity index is 0.000000223. The molecule has 0 aromatic heterocycles. The molecule has 4 rings (SSSR count). The van der Waals surface area contributed by atoms with Gasteiger partial charge in [0.25, 0.3) is 11.4 Å². The molecule has 0 heterocycles. The Labute approximate surface area is 224 Å². The zero-order chi connectivity index (χ0) is 28.4. The van der Waals surface area contributed by atoms with E-state index in [0.717, 1.165) is 0 Å². The third-order valence-electron chi connectivity index (χ3n) is 4.97. The van der Waals surface area contributed by atoms with E-state index in [0.29, 0.717) is 17.2 Å². The Morgan fingerprint density at radius 3 is 1.69 bits per heavy atom. The Kier molecular flexibility index (Phi) is 9.38. The standard InChI is InChI=1S/C14H14N2O5S.C12H10N2O3/c1-2-22(19,20)15-13-9-8-11(16(17)18)10-14(13)21-12-6-4-3-5-7-12;13-11-7-6-9(14(15)16)8-12(11)17-10-4-2-1-3-5-10/h3-10,15H,2H2,1H3;1-8H,13H2. The number of hydrogen-bond acceptors (Lipinski definition) is 9. The molecule has 0 atom stereocenters. The molecule has 12 nitrogen and oxygen atoms in total. The molecule has 4 aromatic rings. The number of nitrogens with one attached hydrogen (secondary N) is 1. The number of nitro groups is 2. The normalized spacial score (nSPS) is 10.5. The van der Waals surface area contributed by atoms with Gasteiger partial charge in [0.05, 0.1) is 39.1 Å². The zero-order valence-corrected chi connectivity index (χ0v) is 21.4. The second kappa shape index (κ2) is 12.9. The number of sulfonamides is 1. The smallest absolute Gasteiger partial charge is 0.273 e. The molecule has 0 saturated heterocycles. The number of hydrogen-bond donors (Lipinski definition) is 2. The number of nitro benzene ring substituents is 2. The second-order valence-corrected chi connectivity index (χ2v) is 9.76. The quantitative estimate of drug-likeness (QED) is 0.141. The molecular weight excluding hydrogens is 528 g/mol. The summed E-state index contributed by atoms with van der Waals surface area (Å²) in [7, 11) is -3.52. The highest BCUT2D eigenvalue weighted by molar-refractivity contribution is 7.92. The summed E-state index contributed by atoms with van der Waals surface area (Å²) >= 11 is 0. The molecular formula is C26H24N4O8S. The van der Waals surface area contributed by atoms with Gasteiger partial charge in [0.2, 0.25) is 10.0 Å². The molecule has 0 aliphatic heterocycles. The van der Waals surface area contributed by atoms with Crippen molar-refractivity contribution >= 4 is 32.8 Å². The topological polar surface area (TPSA) is 177 Å². The molecule has 13 heteroatoms. The summed E-state index contributed by atoms with van der Waals surface area (Å²) in [5.74, 6) is 1.26. The van der Waals surface area contributed by atoms with Crippen LogP contribution in [0.3, 0.4) is 0 Å². The Morgan fingerprint density at radius 1 is 0.744 bits per heavy atom. The minimum Gasteiger partial charge on any atom is -0.455 e. The number of anilines is 2. The molecule has 0 fully saturated rings. The van der Waals surface area contributed by atoms with Gasteiger partial charge in [-0.15, -0.1) is 0 Å².